The Morgan fingerprint density at radius 2 is 2.50 bits per heavy atom. The number of aliphatic hydroxyl groups excluding tert-OH is 1. The molecule has 4 heteroatoms. The number of nitrogens with zero attached hydrogens (tertiary/aromatic N) is 1. The lowest BCUT2D eigenvalue weighted by Gasteiger charge is -2.01. The maximum atomic E-state index is 9.01. The first-order valence-electron chi connectivity index (χ1n) is 3.76. The lowest BCUT2D eigenvalue weighted by Crippen LogP contribution is -1.99. The average Bonchev–Trinajstić information content (AvgIpc) is 2.63. The van der Waals surface area contributed by atoms with Gasteiger partial charge in [-0.25, -0.2) is 0 Å². The fourth-order valence-corrected chi connectivity index (χ4v) is 2.57. The Balaban J connectivity index is 2.45. The number of aliphatic hydroxyl groups is 1. The van der Waals surface area contributed by atoms with Crippen molar-refractivity contribution >= 4 is 17.0 Å². The lowest BCUT2D eigenvalue weighted by molar-refractivity contribution is 0.270. The SMILES string of the molecule is OCC1C/C(=N/O)c2ccsc21. The molecule has 1 aromatic rings. The summed E-state index contributed by atoms with van der Waals surface area (Å²) in [5, 5.41) is 22.8. The second-order valence-electron chi connectivity index (χ2n) is 2.83. The number of rotatable bonds is 1. The Morgan fingerprint density at radius 1 is 1.67 bits per heavy atom. The van der Waals surface area contributed by atoms with Gasteiger partial charge < -0.3 is 10.3 Å². The molecule has 0 saturated carbocycles. The molecule has 1 heterocycles. The Morgan fingerprint density at radius 3 is 3.17 bits per heavy atom. The van der Waals surface area contributed by atoms with Crippen molar-refractivity contribution in [3.05, 3.63) is 21.9 Å². The number of hydrogen-bond acceptors (Lipinski definition) is 4. The maximum absolute atomic E-state index is 9.01. The summed E-state index contributed by atoms with van der Waals surface area (Å²) in [6.07, 6.45) is 0.662. The number of oxime groups is 1. The summed E-state index contributed by atoms with van der Waals surface area (Å²) >= 11 is 1.61. The van der Waals surface area contributed by atoms with Crippen LogP contribution in [0.1, 0.15) is 22.8 Å². The first-order chi connectivity index (χ1) is 5.86. The van der Waals surface area contributed by atoms with Crippen molar-refractivity contribution in [1.29, 1.82) is 0 Å². The molecule has 1 aliphatic rings. The summed E-state index contributed by atoms with van der Waals surface area (Å²) < 4.78 is 0. The Bertz CT molecular complexity index is 319. The summed E-state index contributed by atoms with van der Waals surface area (Å²) in [4.78, 5) is 1.14. The van der Waals surface area contributed by atoms with Crippen molar-refractivity contribution in [3.8, 4) is 0 Å². The van der Waals surface area contributed by atoms with Crippen molar-refractivity contribution in [2.75, 3.05) is 6.61 Å². The highest BCUT2D eigenvalue weighted by molar-refractivity contribution is 7.10. The van der Waals surface area contributed by atoms with E-state index < -0.39 is 0 Å². The molecule has 1 aliphatic carbocycles. The van der Waals surface area contributed by atoms with Gasteiger partial charge in [0.25, 0.3) is 0 Å². The van der Waals surface area contributed by atoms with Crippen molar-refractivity contribution in [1.82, 2.24) is 0 Å². The van der Waals surface area contributed by atoms with Crippen LogP contribution in [0.4, 0.5) is 0 Å². The van der Waals surface area contributed by atoms with E-state index in [1.807, 2.05) is 11.4 Å². The highest BCUT2D eigenvalue weighted by Crippen LogP contribution is 2.36. The Kier molecular flexibility index (Phi) is 1.86. The zero-order chi connectivity index (χ0) is 8.55. The van der Waals surface area contributed by atoms with E-state index in [0.29, 0.717) is 12.1 Å². The molecule has 1 unspecified atom stereocenters. The largest absolute Gasteiger partial charge is 0.411 e. The molecule has 3 nitrogen and oxygen atoms in total. The number of thiophene rings is 1. The standard InChI is InChI=1S/C8H9NO2S/c10-4-5-3-7(9-11)6-1-2-12-8(5)6/h1-2,5,10-11H,3-4H2/b9-7-. The summed E-state index contributed by atoms with van der Waals surface area (Å²) in [5.41, 5.74) is 1.70. The minimum Gasteiger partial charge on any atom is -0.411 e. The van der Waals surface area contributed by atoms with Crippen molar-refractivity contribution < 1.29 is 10.3 Å². The molecule has 0 saturated heterocycles. The lowest BCUT2D eigenvalue weighted by atomic mass is 10.1. The third-order valence-corrected chi connectivity index (χ3v) is 3.24. The van der Waals surface area contributed by atoms with Gasteiger partial charge in [0.05, 0.1) is 12.3 Å². The molecule has 0 aliphatic heterocycles. The van der Waals surface area contributed by atoms with Gasteiger partial charge in [0.15, 0.2) is 0 Å². The van der Waals surface area contributed by atoms with E-state index in [1.54, 1.807) is 11.3 Å². The molecular weight excluding hydrogens is 174 g/mol. The fourth-order valence-electron chi connectivity index (χ4n) is 1.55. The first kappa shape index (κ1) is 7.76. The molecule has 2 rings (SSSR count). The van der Waals surface area contributed by atoms with Crippen LogP contribution in [0, 0.1) is 0 Å². The highest BCUT2D eigenvalue weighted by Gasteiger charge is 2.28. The zero-order valence-electron chi connectivity index (χ0n) is 6.40. The normalized spacial score (nSPS) is 24.8. The van der Waals surface area contributed by atoms with Crippen LogP contribution in [-0.4, -0.2) is 22.6 Å². The topological polar surface area (TPSA) is 52.8 Å². The molecular formula is C8H9NO2S. The van der Waals surface area contributed by atoms with Crippen molar-refractivity contribution in [2.45, 2.75) is 12.3 Å². The summed E-state index contributed by atoms with van der Waals surface area (Å²) in [7, 11) is 0. The van der Waals surface area contributed by atoms with Crippen LogP contribution in [0.25, 0.3) is 0 Å². The number of fused-ring (bicyclic) bond motifs is 1. The van der Waals surface area contributed by atoms with Crippen LogP contribution in [0.3, 0.4) is 0 Å². The predicted molar refractivity (Wildman–Crippen MR) is 47.1 cm³/mol. The molecule has 0 fully saturated rings. The molecule has 2 N–H and O–H groups in total. The van der Waals surface area contributed by atoms with Gasteiger partial charge >= 0.3 is 0 Å². The summed E-state index contributed by atoms with van der Waals surface area (Å²) in [5.74, 6) is 0.144. The molecule has 64 valence electrons. The molecule has 1 aromatic heterocycles. The molecule has 0 spiro atoms. The van der Waals surface area contributed by atoms with Crippen LogP contribution >= 0.6 is 11.3 Å². The van der Waals surface area contributed by atoms with Crippen molar-refractivity contribution in [3.63, 3.8) is 0 Å². The van der Waals surface area contributed by atoms with Gasteiger partial charge in [0.2, 0.25) is 0 Å². The molecule has 0 amide bonds. The average molecular weight is 183 g/mol. The van der Waals surface area contributed by atoms with E-state index in [0.717, 1.165) is 10.4 Å². The van der Waals surface area contributed by atoms with Gasteiger partial charge in [-0.1, -0.05) is 5.16 Å². The van der Waals surface area contributed by atoms with E-state index in [4.69, 9.17) is 10.3 Å². The molecule has 12 heavy (non-hydrogen) atoms. The second-order valence-corrected chi connectivity index (χ2v) is 3.78. The molecule has 0 radical (unpaired) electrons. The monoisotopic (exact) mass is 183 g/mol. The Labute approximate surface area is 74.0 Å². The van der Waals surface area contributed by atoms with E-state index in [1.165, 1.54) is 0 Å². The van der Waals surface area contributed by atoms with Gasteiger partial charge in [-0.05, 0) is 11.4 Å². The van der Waals surface area contributed by atoms with Gasteiger partial charge in [-0.3, -0.25) is 0 Å². The van der Waals surface area contributed by atoms with E-state index in [9.17, 15) is 0 Å². The molecule has 0 bridgehead atoms. The molecule has 0 aromatic carbocycles. The molecule has 1 atom stereocenters. The third-order valence-electron chi connectivity index (χ3n) is 2.16. The van der Waals surface area contributed by atoms with Gasteiger partial charge in [0, 0.05) is 22.8 Å². The van der Waals surface area contributed by atoms with Crippen molar-refractivity contribution in [2.24, 2.45) is 5.16 Å². The van der Waals surface area contributed by atoms with Gasteiger partial charge in [-0.2, -0.15) is 0 Å². The van der Waals surface area contributed by atoms with Crippen LogP contribution in [0.15, 0.2) is 16.6 Å². The third kappa shape index (κ3) is 0.956. The quantitative estimate of drug-likeness (QED) is 0.511. The van der Waals surface area contributed by atoms with Crippen LogP contribution in [0.2, 0.25) is 0 Å². The Hall–Kier alpha value is -0.870. The fraction of sp³-hybridized carbons (Fsp3) is 0.375. The second kappa shape index (κ2) is 2.88. The van der Waals surface area contributed by atoms with Crippen LogP contribution < -0.4 is 0 Å². The highest BCUT2D eigenvalue weighted by atomic mass is 32.1. The zero-order valence-corrected chi connectivity index (χ0v) is 7.21. The van der Waals surface area contributed by atoms with E-state index in [2.05, 4.69) is 5.16 Å². The smallest absolute Gasteiger partial charge is 0.0886 e. The summed E-state index contributed by atoms with van der Waals surface area (Å²) in [6.45, 7) is 0.131. The maximum Gasteiger partial charge on any atom is 0.0886 e. The first-order valence-corrected chi connectivity index (χ1v) is 4.64. The van der Waals surface area contributed by atoms with Crippen LogP contribution in [0.5, 0.6) is 0 Å². The van der Waals surface area contributed by atoms with Gasteiger partial charge in [-0.15, -0.1) is 11.3 Å². The van der Waals surface area contributed by atoms with E-state index >= 15 is 0 Å². The predicted octanol–water partition coefficient (Wildman–Crippen LogP) is 1.41. The minimum absolute atomic E-state index is 0.131. The summed E-state index contributed by atoms with van der Waals surface area (Å²) in [6, 6.07) is 1.94. The van der Waals surface area contributed by atoms with Crippen LogP contribution in [-0.2, 0) is 0 Å². The number of hydrogen-bond donors (Lipinski definition) is 2. The van der Waals surface area contributed by atoms with Gasteiger partial charge in [0.1, 0.15) is 0 Å². The van der Waals surface area contributed by atoms with E-state index in [-0.39, 0.29) is 12.5 Å². The minimum atomic E-state index is 0.131.